The topological polar surface area (TPSA) is 118 Å². The second kappa shape index (κ2) is 5.28. The third-order valence-electron chi connectivity index (χ3n) is 4.31. The van der Waals surface area contributed by atoms with Gasteiger partial charge in [0.15, 0.2) is 5.82 Å². The third-order valence-corrected chi connectivity index (χ3v) is 4.31. The summed E-state index contributed by atoms with van der Waals surface area (Å²) in [5, 5.41) is 12.1. The summed E-state index contributed by atoms with van der Waals surface area (Å²) >= 11 is 0. The highest BCUT2D eigenvalue weighted by Gasteiger charge is 2.17. The Morgan fingerprint density at radius 2 is 2.04 bits per heavy atom. The van der Waals surface area contributed by atoms with Crippen LogP contribution in [0.3, 0.4) is 0 Å². The fourth-order valence-electron chi connectivity index (χ4n) is 3.09. The highest BCUT2D eigenvalue weighted by atomic mass is 16.1. The summed E-state index contributed by atoms with van der Waals surface area (Å²) in [6, 6.07) is 12.8. The molecule has 0 saturated carbocycles. The van der Waals surface area contributed by atoms with Crippen molar-refractivity contribution >= 4 is 22.4 Å². The number of hydrogen-bond acceptors (Lipinski definition) is 5. The van der Waals surface area contributed by atoms with Crippen LogP contribution in [-0.2, 0) is 0 Å². The van der Waals surface area contributed by atoms with Crippen LogP contribution in [0.1, 0.15) is 0 Å². The molecule has 0 aliphatic carbocycles. The number of rotatable bonds is 2. The quantitative estimate of drug-likeness (QED) is 0.454. The standard InChI is InChI=1S/C18H13N7O/c19-17-16(13-3-1-2-6-20-13)18-22-14(8-15(26)25(18)24-17)10-4-5-12-11(7-10)9-21-23-12/h1-9,22H,(H2,19,24)(H,21,23). The van der Waals surface area contributed by atoms with Gasteiger partial charge in [-0.15, -0.1) is 5.10 Å². The Labute approximate surface area is 146 Å². The number of aromatic nitrogens is 6. The maximum atomic E-state index is 12.6. The molecule has 26 heavy (non-hydrogen) atoms. The molecule has 0 aliphatic rings. The fourth-order valence-corrected chi connectivity index (χ4v) is 3.09. The van der Waals surface area contributed by atoms with Crippen LogP contribution in [0.5, 0.6) is 0 Å². The number of pyridine rings is 1. The summed E-state index contributed by atoms with van der Waals surface area (Å²) in [6.45, 7) is 0. The van der Waals surface area contributed by atoms with Crippen molar-refractivity contribution in [2.24, 2.45) is 0 Å². The highest BCUT2D eigenvalue weighted by Crippen LogP contribution is 2.28. The lowest BCUT2D eigenvalue weighted by Crippen LogP contribution is -2.14. The SMILES string of the molecule is Nc1nn2c(=O)cc(-c3ccc4[nH]ncc4c3)[nH]c2c1-c1ccccn1. The van der Waals surface area contributed by atoms with Crippen LogP contribution >= 0.6 is 0 Å². The number of aromatic amines is 2. The van der Waals surface area contributed by atoms with Gasteiger partial charge in [0.2, 0.25) is 0 Å². The molecule has 0 radical (unpaired) electrons. The summed E-state index contributed by atoms with van der Waals surface area (Å²) in [7, 11) is 0. The molecule has 0 bridgehead atoms. The second-order valence-electron chi connectivity index (χ2n) is 5.93. The Kier molecular flexibility index (Phi) is 2.93. The number of nitrogen functional groups attached to an aromatic ring is 1. The Bertz CT molecular complexity index is 1310. The molecule has 4 heterocycles. The van der Waals surface area contributed by atoms with E-state index in [1.165, 1.54) is 10.6 Å². The van der Waals surface area contributed by atoms with E-state index in [1.54, 1.807) is 12.4 Å². The number of anilines is 1. The van der Waals surface area contributed by atoms with Crippen LogP contribution in [0.15, 0.2) is 59.7 Å². The average Bonchev–Trinajstić information content (AvgIpc) is 3.25. The first-order valence-electron chi connectivity index (χ1n) is 7.97. The number of H-pyrrole nitrogens is 2. The largest absolute Gasteiger partial charge is 0.382 e. The van der Waals surface area contributed by atoms with E-state index < -0.39 is 0 Å². The van der Waals surface area contributed by atoms with E-state index in [9.17, 15) is 4.79 Å². The van der Waals surface area contributed by atoms with Gasteiger partial charge in [0.1, 0.15) is 5.65 Å². The predicted molar refractivity (Wildman–Crippen MR) is 98.5 cm³/mol. The van der Waals surface area contributed by atoms with Crippen molar-refractivity contribution in [2.45, 2.75) is 0 Å². The molecule has 8 heteroatoms. The minimum atomic E-state index is -0.269. The van der Waals surface area contributed by atoms with Crippen molar-refractivity contribution in [1.29, 1.82) is 0 Å². The third kappa shape index (κ3) is 2.09. The average molecular weight is 343 g/mol. The number of hydrogen-bond donors (Lipinski definition) is 3. The molecular weight excluding hydrogens is 330 g/mol. The smallest absolute Gasteiger partial charge is 0.274 e. The van der Waals surface area contributed by atoms with E-state index in [4.69, 9.17) is 5.73 Å². The number of nitrogens with one attached hydrogen (secondary N) is 2. The van der Waals surface area contributed by atoms with Crippen LogP contribution in [0, 0.1) is 0 Å². The lowest BCUT2D eigenvalue weighted by Gasteiger charge is -2.05. The van der Waals surface area contributed by atoms with Crippen molar-refractivity contribution in [3.63, 3.8) is 0 Å². The molecule has 0 saturated heterocycles. The first kappa shape index (κ1) is 14.4. The molecule has 4 N–H and O–H groups in total. The number of nitrogens with two attached hydrogens (primary N) is 1. The van der Waals surface area contributed by atoms with Crippen molar-refractivity contribution in [3.05, 3.63) is 65.2 Å². The molecule has 0 atom stereocenters. The van der Waals surface area contributed by atoms with E-state index in [1.807, 2.05) is 36.4 Å². The van der Waals surface area contributed by atoms with Crippen LogP contribution in [0.2, 0.25) is 0 Å². The Balaban J connectivity index is 1.79. The minimum absolute atomic E-state index is 0.250. The van der Waals surface area contributed by atoms with E-state index in [-0.39, 0.29) is 11.4 Å². The van der Waals surface area contributed by atoms with Crippen molar-refractivity contribution in [1.82, 2.24) is 29.8 Å². The molecule has 0 spiro atoms. The van der Waals surface area contributed by atoms with Crippen LogP contribution in [0.4, 0.5) is 5.82 Å². The zero-order valence-corrected chi connectivity index (χ0v) is 13.5. The summed E-state index contributed by atoms with van der Waals surface area (Å²) in [5.74, 6) is 0.250. The van der Waals surface area contributed by atoms with Gasteiger partial charge in [-0.05, 0) is 29.8 Å². The van der Waals surface area contributed by atoms with Crippen molar-refractivity contribution < 1.29 is 0 Å². The molecule has 0 aliphatic heterocycles. The van der Waals surface area contributed by atoms with Crippen molar-refractivity contribution in [3.8, 4) is 22.5 Å². The number of fused-ring (bicyclic) bond motifs is 2. The van der Waals surface area contributed by atoms with Gasteiger partial charge in [0.05, 0.1) is 28.7 Å². The minimum Gasteiger partial charge on any atom is -0.382 e. The van der Waals surface area contributed by atoms with Gasteiger partial charge in [-0.1, -0.05) is 12.1 Å². The maximum absolute atomic E-state index is 12.6. The normalized spacial score (nSPS) is 11.4. The maximum Gasteiger partial charge on any atom is 0.274 e. The van der Waals surface area contributed by atoms with Crippen LogP contribution in [-0.4, -0.2) is 29.8 Å². The second-order valence-corrected chi connectivity index (χ2v) is 5.93. The summed E-state index contributed by atoms with van der Waals surface area (Å²) in [6.07, 6.45) is 3.42. The number of nitrogens with zero attached hydrogens (tertiary/aromatic N) is 4. The molecular formula is C18H13N7O. The van der Waals surface area contributed by atoms with Crippen LogP contribution in [0.25, 0.3) is 39.1 Å². The molecule has 1 aromatic carbocycles. The van der Waals surface area contributed by atoms with Gasteiger partial charge in [-0.25, -0.2) is 0 Å². The van der Waals surface area contributed by atoms with Gasteiger partial charge in [-0.2, -0.15) is 9.61 Å². The Hall–Kier alpha value is -3.94. The van der Waals surface area contributed by atoms with Gasteiger partial charge >= 0.3 is 0 Å². The zero-order chi connectivity index (χ0) is 17.7. The molecule has 126 valence electrons. The number of benzene rings is 1. The van der Waals surface area contributed by atoms with Gasteiger partial charge < -0.3 is 10.7 Å². The van der Waals surface area contributed by atoms with Gasteiger partial charge in [-0.3, -0.25) is 14.9 Å². The lowest BCUT2D eigenvalue weighted by molar-refractivity contribution is 0.906. The Morgan fingerprint density at radius 1 is 1.12 bits per heavy atom. The summed E-state index contributed by atoms with van der Waals surface area (Å²) in [4.78, 5) is 20.2. The first-order chi connectivity index (χ1) is 12.7. The van der Waals surface area contributed by atoms with Crippen LogP contribution < -0.4 is 11.3 Å². The fraction of sp³-hybridized carbons (Fsp3) is 0. The van der Waals surface area contributed by atoms with E-state index >= 15 is 0 Å². The van der Waals surface area contributed by atoms with Gasteiger partial charge in [0.25, 0.3) is 5.56 Å². The molecule has 5 rings (SSSR count). The predicted octanol–water partition coefficient (Wildman–Crippen LogP) is 2.21. The summed E-state index contributed by atoms with van der Waals surface area (Å²) < 4.78 is 1.26. The van der Waals surface area contributed by atoms with E-state index in [0.717, 1.165) is 16.5 Å². The molecule has 0 amide bonds. The molecule has 0 unspecified atom stereocenters. The molecule has 5 aromatic rings. The molecule has 8 nitrogen and oxygen atoms in total. The molecule has 0 fully saturated rings. The lowest BCUT2D eigenvalue weighted by atomic mass is 10.1. The van der Waals surface area contributed by atoms with E-state index in [0.29, 0.717) is 22.6 Å². The Morgan fingerprint density at radius 3 is 2.88 bits per heavy atom. The van der Waals surface area contributed by atoms with E-state index in [2.05, 4.69) is 25.3 Å². The summed E-state index contributed by atoms with van der Waals surface area (Å²) in [5.41, 5.74) is 10.0. The van der Waals surface area contributed by atoms with Crippen molar-refractivity contribution in [2.75, 3.05) is 5.73 Å². The monoisotopic (exact) mass is 343 g/mol. The first-order valence-corrected chi connectivity index (χ1v) is 7.97. The van der Waals surface area contributed by atoms with Gasteiger partial charge in [0, 0.05) is 17.6 Å². The zero-order valence-electron chi connectivity index (χ0n) is 13.5. The highest BCUT2D eigenvalue weighted by molar-refractivity contribution is 5.86. The molecule has 4 aromatic heterocycles.